The highest BCUT2D eigenvalue weighted by Crippen LogP contribution is 2.21. The van der Waals surface area contributed by atoms with Gasteiger partial charge in [0.1, 0.15) is 0 Å². The number of hydrogen-bond donors (Lipinski definition) is 1. The SMILES string of the molecule is Cc1ccc(C)c(-c2cc(C)c(=O)[nH]n2)c1. The average molecular weight is 214 g/mol. The predicted molar refractivity (Wildman–Crippen MR) is 64.5 cm³/mol. The number of H-pyrrole nitrogens is 1. The quantitative estimate of drug-likeness (QED) is 0.792. The van der Waals surface area contributed by atoms with Crippen LogP contribution in [0.2, 0.25) is 0 Å². The van der Waals surface area contributed by atoms with Crippen molar-refractivity contribution in [2.24, 2.45) is 0 Å². The van der Waals surface area contributed by atoms with Crippen LogP contribution in [0.3, 0.4) is 0 Å². The Kier molecular flexibility index (Phi) is 2.60. The van der Waals surface area contributed by atoms with Crippen molar-refractivity contribution < 1.29 is 0 Å². The lowest BCUT2D eigenvalue weighted by molar-refractivity contribution is 0.974. The van der Waals surface area contributed by atoms with Crippen LogP contribution in [0.1, 0.15) is 16.7 Å². The summed E-state index contributed by atoms with van der Waals surface area (Å²) in [5.74, 6) is 0. The average Bonchev–Trinajstić information content (AvgIpc) is 2.26. The molecule has 0 saturated carbocycles. The molecule has 0 aliphatic heterocycles. The molecule has 2 aromatic rings. The molecule has 1 aromatic heterocycles. The van der Waals surface area contributed by atoms with E-state index in [1.807, 2.05) is 19.9 Å². The largest absolute Gasteiger partial charge is 0.268 e. The number of rotatable bonds is 1. The van der Waals surface area contributed by atoms with Crippen LogP contribution in [-0.2, 0) is 0 Å². The number of aromatic nitrogens is 2. The van der Waals surface area contributed by atoms with Crippen molar-refractivity contribution in [1.29, 1.82) is 0 Å². The van der Waals surface area contributed by atoms with Gasteiger partial charge in [-0.1, -0.05) is 17.7 Å². The molecule has 0 aliphatic rings. The van der Waals surface area contributed by atoms with Gasteiger partial charge < -0.3 is 0 Å². The molecule has 3 nitrogen and oxygen atoms in total. The van der Waals surface area contributed by atoms with E-state index >= 15 is 0 Å². The normalized spacial score (nSPS) is 10.4. The number of aryl methyl sites for hydroxylation is 3. The van der Waals surface area contributed by atoms with Crippen molar-refractivity contribution in [2.45, 2.75) is 20.8 Å². The highest BCUT2D eigenvalue weighted by Gasteiger charge is 2.05. The number of nitrogens with one attached hydrogen (secondary N) is 1. The molecule has 3 heteroatoms. The lowest BCUT2D eigenvalue weighted by atomic mass is 10.0. The van der Waals surface area contributed by atoms with Crippen molar-refractivity contribution in [2.75, 3.05) is 0 Å². The van der Waals surface area contributed by atoms with E-state index in [1.165, 1.54) is 5.56 Å². The van der Waals surface area contributed by atoms with E-state index in [9.17, 15) is 4.79 Å². The van der Waals surface area contributed by atoms with E-state index in [1.54, 1.807) is 6.92 Å². The molecular weight excluding hydrogens is 200 g/mol. The molecule has 0 saturated heterocycles. The summed E-state index contributed by atoms with van der Waals surface area (Å²) in [4.78, 5) is 11.2. The van der Waals surface area contributed by atoms with Gasteiger partial charge in [-0.3, -0.25) is 4.79 Å². The standard InChI is InChI=1S/C13H14N2O/c1-8-4-5-9(2)11(6-8)12-7-10(3)13(16)15-14-12/h4-7H,1-3H3,(H,15,16). The monoisotopic (exact) mass is 214 g/mol. The zero-order valence-electron chi connectivity index (χ0n) is 9.66. The van der Waals surface area contributed by atoms with Gasteiger partial charge in [-0.25, -0.2) is 5.10 Å². The van der Waals surface area contributed by atoms with Gasteiger partial charge in [0, 0.05) is 11.1 Å². The third-order valence-corrected chi connectivity index (χ3v) is 2.66. The highest BCUT2D eigenvalue weighted by molar-refractivity contribution is 5.64. The summed E-state index contributed by atoms with van der Waals surface area (Å²) in [5.41, 5.74) is 4.79. The number of hydrogen-bond acceptors (Lipinski definition) is 2. The minimum absolute atomic E-state index is 0.131. The third kappa shape index (κ3) is 1.89. The first-order valence-corrected chi connectivity index (χ1v) is 5.22. The van der Waals surface area contributed by atoms with E-state index in [4.69, 9.17) is 0 Å². The van der Waals surface area contributed by atoms with Gasteiger partial charge in [-0.2, -0.15) is 5.10 Å². The first-order chi connectivity index (χ1) is 7.58. The van der Waals surface area contributed by atoms with Crippen LogP contribution >= 0.6 is 0 Å². The third-order valence-electron chi connectivity index (χ3n) is 2.66. The molecule has 0 unspecified atom stereocenters. The molecule has 0 radical (unpaired) electrons. The first kappa shape index (κ1) is 10.6. The Balaban J connectivity index is 2.62. The second-order valence-electron chi connectivity index (χ2n) is 4.08. The summed E-state index contributed by atoms with van der Waals surface area (Å²) in [5, 5.41) is 6.58. The Morgan fingerprint density at radius 3 is 2.50 bits per heavy atom. The van der Waals surface area contributed by atoms with E-state index in [-0.39, 0.29) is 5.56 Å². The molecule has 1 heterocycles. The van der Waals surface area contributed by atoms with E-state index in [0.717, 1.165) is 16.8 Å². The molecule has 2 rings (SSSR count). The van der Waals surface area contributed by atoms with Gasteiger partial charge in [0.25, 0.3) is 5.56 Å². The fourth-order valence-electron chi connectivity index (χ4n) is 1.65. The van der Waals surface area contributed by atoms with Gasteiger partial charge in [-0.05, 0) is 38.5 Å². The second kappa shape index (κ2) is 3.93. The van der Waals surface area contributed by atoms with Crippen molar-refractivity contribution >= 4 is 0 Å². The van der Waals surface area contributed by atoms with Crippen LogP contribution in [0.4, 0.5) is 0 Å². The van der Waals surface area contributed by atoms with E-state index in [0.29, 0.717) is 5.56 Å². The Bertz CT molecular complexity index is 585. The molecule has 0 spiro atoms. The first-order valence-electron chi connectivity index (χ1n) is 5.22. The summed E-state index contributed by atoms with van der Waals surface area (Å²) in [7, 11) is 0. The summed E-state index contributed by atoms with van der Waals surface area (Å²) < 4.78 is 0. The van der Waals surface area contributed by atoms with Crippen LogP contribution in [-0.4, -0.2) is 10.2 Å². The number of aromatic amines is 1. The topological polar surface area (TPSA) is 45.8 Å². The Labute approximate surface area is 94.2 Å². The van der Waals surface area contributed by atoms with Crippen LogP contribution in [0.5, 0.6) is 0 Å². The van der Waals surface area contributed by atoms with E-state index in [2.05, 4.69) is 28.4 Å². The number of benzene rings is 1. The molecule has 1 N–H and O–H groups in total. The van der Waals surface area contributed by atoms with E-state index < -0.39 is 0 Å². The molecule has 0 aliphatic carbocycles. The van der Waals surface area contributed by atoms with Crippen molar-refractivity contribution in [1.82, 2.24) is 10.2 Å². The number of nitrogens with zero attached hydrogens (tertiary/aromatic N) is 1. The fraction of sp³-hybridized carbons (Fsp3) is 0.231. The molecule has 0 amide bonds. The van der Waals surface area contributed by atoms with Crippen LogP contribution < -0.4 is 5.56 Å². The van der Waals surface area contributed by atoms with Crippen molar-refractivity contribution in [3.63, 3.8) is 0 Å². The van der Waals surface area contributed by atoms with Gasteiger partial charge >= 0.3 is 0 Å². The maximum Gasteiger partial charge on any atom is 0.267 e. The summed E-state index contributed by atoms with van der Waals surface area (Å²) in [6.07, 6.45) is 0. The van der Waals surface area contributed by atoms with Gasteiger partial charge in [0.15, 0.2) is 0 Å². The van der Waals surface area contributed by atoms with Gasteiger partial charge in [0.05, 0.1) is 5.69 Å². The summed E-state index contributed by atoms with van der Waals surface area (Å²) in [6.45, 7) is 5.87. The smallest absolute Gasteiger partial charge is 0.267 e. The molecular formula is C13H14N2O. The second-order valence-corrected chi connectivity index (χ2v) is 4.08. The van der Waals surface area contributed by atoms with Crippen molar-refractivity contribution in [3.8, 4) is 11.3 Å². The Morgan fingerprint density at radius 2 is 1.81 bits per heavy atom. The minimum atomic E-state index is -0.131. The summed E-state index contributed by atoms with van der Waals surface area (Å²) >= 11 is 0. The lowest BCUT2D eigenvalue weighted by Gasteiger charge is -2.06. The summed E-state index contributed by atoms with van der Waals surface area (Å²) in [6, 6.07) is 8.03. The lowest BCUT2D eigenvalue weighted by Crippen LogP contribution is -2.11. The molecule has 0 fully saturated rings. The Hall–Kier alpha value is -1.90. The Morgan fingerprint density at radius 1 is 1.06 bits per heavy atom. The van der Waals surface area contributed by atoms with Gasteiger partial charge in [-0.15, -0.1) is 0 Å². The fourth-order valence-corrected chi connectivity index (χ4v) is 1.65. The molecule has 1 aromatic carbocycles. The molecule has 16 heavy (non-hydrogen) atoms. The minimum Gasteiger partial charge on any atom is -0.268 e. The zero-order valence-corrected chi connectivity index (χ0v) is 9.66. The zero-order chi connectivity index (χ0) is 11.7. The molecule has 0 atom stereocenters. The predicted octanol–water partition coefficient (Wildman–Crippen LogP) is 2.36. The van der Waals surface area contributed by atoms with Crippen molar-refractivity contribution in [3.05, 3.63) is 51.3 Å². The van der Waals surface area contributed by atoms with Crippen LogP contribution in [0, 0.1) is 20.8 Å². The van der Waals surface area contributed by atoms with Crippen LogP contribution in [0.25, 0.3) is 11.3 Å². The maximum atomic E-state index is 11.2. The van der Waals surface area contributed by atoms with Gasteiger partial charge in [0.2, 0.25) is 0 Å². The van der Waals surface area contributed by atoms with Crippen LogP contribution in [0.15, 0.2) is 29.1 Å². The maximum absolute atomic E-state index is 11.2. The highest BCUT2D eigenvalue weighted by atomic mass is 16.1. The molecule has 0 bridgehead atoms. The molecule has 82 valence electrons.